The fraction of sp³-hybridized carbons (Fsp3) is 0.125. The minimum atomic E-state index is -0.562. The van der Waals surface area contributed by atoms with Gasteiger partial charge in [0, 0.05) is 0 Å². The second kappa shape index (κ2) is 5.06. The summed E-state index contributed by atoms with van der Waals surface area (Å²) in [5.41, 5.74) is 3.56. The lowest BCUT2D eigenvalue weighted by Crippen LogP contribution is -2.14. The van der Waals surface area contributed by atoms with Crippen LogP contribution in [-0.2, 0) is 0 Å². The van der Waals surface area contributed by atoms with E-state index in [0.29, 0.717) is 5.16 Å². The summed E-state index contributed by atoms with van der Waals surface area (Å²) in [5, 5.41) is 8.46. The molecule has 108 valence electrons. The van der Waals surface area contributed by atoms with Crippen molar-refractivity contribution >= 4 is 34.4 Å². The maximum absolute atomic E-state index is 12.5. The van der Waals surface area contributed by atoms with Gasteiger partial charge in [-0.15, -0.1) is 0 Å². The van der Waals surface area contributed by atoms with E-state index in [4.69, 9.17) is 0 Å². The highest BCUT2D eigenvalue weighted by atomic mass is 32.2. The van der Waals surface area contributed by atoms with Crippen LogP contribution in [0.2, 0.25) is 0 Å². The maximum Gasteiger partial charge on any atom is 0.270 e. The molecule has 1 aliphatic heterocycles. The molecule has 6 heteroatoms. The standard InChI is InChI=1S/C16H12N4OS/c1-10-6-8-11(9-7-10)18-19-14-15(21)20-13-5-3-2-4-12(13)17-16(20)22-14/h2-9,14H,1H3/t14-/m1/s1. The number of imidazole rings is 1. The number of carbonyl (C=O) groups excluding carboxylic acids is 1. The summed E-state index contributed by atoms with van der Waals surface area (Å²) in [6.45, 7) is 2.02. The van der Waals surface area contributed by atoms with Crippen molar-refractivity contribution in [2.24, 2.45) is 10.2 Å². The highest BCUT2D eigenvalue weighted by Gasteiger charge is 2.34. The van der Waals surface area contributed by atoms with Crippen LogP contribution in [0.4, 0.5) is 5.69 Å². The molecular formula is C16H12N4OS. The minimum absolute atomic E-state index is 0.0930. The lowest BCUT2D eigenvalue weighted by Gasteiger charge is -2.00. The van der Waals surface area contributed by atoms with E-state index < -0.39 is 5.37 Å². The van der Waals surface area contributed by atoms with Gasteiger partial charge in [-0.05, 0) is 43.0 Å². The largest absolute Gasteiger partial charge is 0.270 e. The zero-order valence-corrected chi connectivity index (χ0v) is 12.6. The fourth-order valence-electron chi connectivity index (χ4n) is 2.36. The molecule has 1 aromatic heterocycles. The van der Waals surface area contributed by atoms with Gasteiger partial charge in [0.15, 0.2) is 5.16 Å². The monoisotopic (exact) mass is 308 g/mol. The molecule has 0 spiro atoms. The molecule has 0 N–H and O–H groups in total. The van der Waals surface area contributed by atoms with E-state index in [-0.39, 0.29) is 5.91 Å². The van der Waals surface area contributed by atoms with Crippen molar-refractivity contribution in [1.82, 2.24) is 9.55 Å². The number of benzene rings is 2. The van der Waals surface area contributed by atoms with Crippen LogP contribution in [0.25, 0.3) is 11.0 Å². The summed E-state index contributed by atoms with van der Waals surface area (Å²) < 4.78 is 1.62. The van der Waals surface area contributed by atoms with Gasteiger partial charge in [-0.25, -0.2) is 4.98 Å². The second-order valence-corrected chi connectivity index (χ2v) is 6.13. The van der Waals surface area contributed by atoms with Crippen molar-refractivity contribution in [2.75, 3.05) is 0 Å². The SMILES string of the molecule is Cc1ccc(N=N[C@@H]2Sc3nc4ccccc4n3C2=O)cc1. The number of aryl methyl sites for hydroxylation is 1. The van der Waals surface area contributed by atoms with E-state index in [9.17, 15) is 4.79 Å². The second-order valence-electron chi connectivity index (χ2n) is 5.08. The molecule has 0 unspecified atom stereocenters. The highest BCUT2D eigenvalue weighted by molar-refractivity contribution is 8.00. The molecule has 5 nitrogen and oxygen atoms in total. The Morgan fingerprint density at radius 1 is 1.14 bits per heavy atom. The Bertz CT molecular complexity index is 898. The van der Waals surface area contributed by atoms with Gasteiger partial charge in [0.25, 0.3) is 5.91 Å². The number of fused-ring (bicyclic) bond motifs is 3. The molecule has 3 aromatic rings. The smallest absolute Gasteiger partial charge is 0.270 e. The van der Waals surface area contributed by atoms with Crippen molar-refractivity contribution in [2.45, 2.75) is 17.5 Å². The molecule has 0 bridgehead atoms. The van der Waals surface area contributed by atoms with E-state index in [1.54, 1.807) is 4.57 Å². The first kappa shape index (κ1) is 13.2. The van der Waals surface area contributed by atoms with Crippen molar-refractivity contribution in [3.05, 3.63) is 54.1 Å². The summed E-state index contributed by atoms with van der Waals surface area (Å²) in [6.07, 6.45) is 0. The lowest BCUT2D eigenvalue weighted by atomic mass is 10.2. The zero-order chi connectivity index (χ0) is 15.1. The molecule has 0 saturated heterocycles. The van der Waals surface area contributed by atoms with Gasteiger partial charge in [-0.2, -0.15) is 10.2 Å². The van der Waals surface area contributed by atoms with E-state index in [1.165, 1.54) is 11.8 Å². The van der Waals surface area contributed by atoms with Gasteiger partial charge in [-0.3, -0.25) is 9.36 Å². The number of nitrogens with zero attached hydrogens (tertiary/aromatic N) is 4. The Morgan fingerprint density at radius 3 is 2.73 bits per heavy atom. The normalized spacial score (nSPS) is 17.5. The number of para-hydroxylation sites is 2. The molecule has 2 aromatic carbocycles. The third kappa shape index (κ3) is 2.12. The quantitative estimate of drug-likeness (QED) is 0.667. The average Bonchev–Trinajstić information content (AvgIpc) is 3.04. The molecule has 2 heterocycles. The lowest BCUT2D eigenvalue weighted by molar-refractivity contribution is 0.0915. The maximum atomic E-state index is 12.5. The summed E-state index contributed by atoms with van der Waals surface area (Å²) in [5.74, 6) is -0.0930. The Labute approximate surface area is 131 Å². The topological polar surface area (TPSA) is 59.6 Å². The average molecular weight is 308 g/mol. The number of hydrogen-bond donors (Lipinski definition) is 0. The van der Waals surface area contributed by atoms with Gasteiger partial charge >= 0.3 is 0 Å². The van der Waals surface area contributed by atoms with E-state index in [0.717, 1.165) is 22.3 Å². The molecule has 22 heavy (non-hydrogen) atoms. The van der Waals surface area contributed by atoms with Gasteiger partial charge in [0.1, 0.15) is 0 Å². The molecule has 0 radical (unpaired) electrons. The number of aromatic nitrogens is 2. The van der Waals surface area contributed by atoms with Crippen LogP contribution < -0.4 is 0 Å². The van der Waals surface area contributed by atoms with Crippen molar-refractivity contribution in [3.8, 4) is 0 Å². The van der Waals surface area contributed by atoms with Crippen LogP contribution in [0, 0.1) is 6.92 Å². The van der Waals surface area contributed by atoms with Crippen LogP contribution in [0.15, 0.2) is 63.9 Å². The van der Waals surface area contributed by atoms with Crippen LogP contribution in [0.1, 0.15) is 10.4 Å². The molecule has 4 rings (SSSR count). The predicted molar refractivity (Wildman–Crippen MR) is 85.7 cm³/mol. The van der Waals surface area contributed by atoms with Crippen LogP contribution in [0.3, 0.4) is 0 Å². The Morgan fingerprint density at radius 2 is 1.91 bits per heavy atom. The molecule has 1 atom stereocenters. The van der Waals surface area contributed by atoms with Crippen molar-refractivity contribution in [1.29, 1.82) is 0 Å². The van der Waals surface area contributed by atoms with Gasteiger partial charge < -0.3 is 0 Å². The molecule has 0 aliphatic carbocycles. The molecule has 0 amide bonds. The number of carbonyl (C=O) groups is 1. The summed E-state index contributed by atoms with van der Waals surface area (Å²) in [4.78, 5) is 17.0. The summed E-state index contributed by atoms with van der Waals surface area (Å²) in [6, 6.07) is 15.3. The third-order valence-corrected chi connectivity index (χ3v) is 4.49. The van der Waals surface area contributed by atoms with Crippen molar-refractivity contribution in [3.63, 3.8) is 0 Å². The minimum Gasteiger partial charge on any atom is -0.270 e. The van der Waals surface area contributed by atoms with E-state index in [1.807, 2.05) is 55.5 Å². The van der Waals surface area contributed by atoms with Crippen molar-refractivity contribution < 1.29 is 4.79 Å². The predicted octanol–water partition coefficient (Wildman–Crippen LogP) is 4.20. The summed E-state index contributed by atoms with van der Waals surface area (Å²) in [7, 11) is 0. The number of azo groups is 1. The molecule has 0 saturated carbocycles. The Kier molecular flexibility index (Phi) is 3.04. The first-order valence-corrected chi connectivity index (χ1v) is 7.76. The zero-order valence-electron chi connectivity index (χ0n) is 11.8. The highest BCUT2D eigenvalue weighted by Crippen LogP contribution is 2.36. The van der Waals surface area contributed by atoms with E-state index >= 15 is 0 Å². The molecule has 0 fully saturated rings. The van der Waals surface area contributed by atoms with Gasteiger partial charge in [-0.1, -0.05) is 29.8 Å². The van der Waals surface area contributed by atoms with E-state index in [2.05, 4.69) is 15.2 Å². The fourth-order valence-corrected chi connectivity index (χ4v) is 3.31. The Hall–Kier alpha value is -2.47. The summed E-state index contributed by atoms with van der Waals surface area (Å²) >= 11 is 1.33. The number of hydrogen-bond acceptors (Lipinski definition) is 5. The molecule has 1 aliphatic rings. The number of rotatable bonds is 2. The van der Waals surface area contributed by atoms with Crippen LogP contribution >= 0.6 is 11.8 Å². The first-order chi connectivity index (χ1) is 10.7. The van der Waals surface area contributed by atoms with Crippen LogP contribution in [-0.4, -0.2) is 20.8 Å². The molecular weight excluding hydrogens is 296 g/mol. The number of thioether (sulfide) groups is 1. The van der Waals surface area contributed by atoms with Gasteiger partial charge in [0.2, 0.25) is 5.37 Å². The first-order valence-electron chi connectivity index (χ1n) is 6.88. The third-order valence-electron chi connectivity index (χ3n) is 3.49. The Balaban J connectivity index is 1.63. The van der Waals surface area contributed by atoms with Gasteiger partial charge in [0.05, 0.1) is 16.7 Å². The van der Waals surface area contributed by atoms with Crippen LogP contribution in [0.5, 0.6) is 0 Å².